The standard InChI is InChI=1S/C32H37ClN2O5/c1-23(35-16-14-32(38,15-17-35)27-8-10-28(33)11-9-27)30(36)25-6-12-29(13-7-25)40-31(37)26-4-2-24(3-5-26)22-34-18-20-39-21-19-34/h2-13,23,30,36,38H,14-22H2,1H3/t23-,30-/m0/s1. The molecule has 2 atom stereocenters. The fourth-order valence-corrected chi connectivity index (χ4v) is 5.62. The Morgan fingerprint density at radius 3 is 2.20 bits per heavy atom. The van der Waals surface area contributed by atoms with Crippen LogP contribution in [-0.2, 0) is 16.9 Å². The highest BCUT2D eigenvalue weighted by atomic mass is 35.5. The molecule has 5 rings (SSSR count). The van der Waals surface area contributed by atoms with Crippen LogP contribution in [0, 0.1) is 0 Å². The van der Waals surface area contributed by atoms with Gasteiger partial charge in [0.1, 0.15) is 5.75 Å². The maximum Gasteiger partial charge on any atom is 0.343 e. The molecule has 2 fully saturated rings. The molecule has 8 heteroatoms. The predicted molar refractivity (Wildman–Crippen MR) is 155 cm³/mol. The van der Waals surface area contributed by atoms with E-state index in [9.17, 15) is 15.0 Å². The Bertz CT molecular complexity index is 1250. The van der Waals surface area contributed by atoms with E-state index in [-0.39, 0.29) is 6.04 Å². The fourth-order valence-electron chi connectivity index (χ4n) is 5.49. The first-order chi connectivity index (χ1) is 19.3. The van der Waals surface area contributed by atoms with Crippen LogP contribution in [0.15, 0.2) is 72.8 Å². The lowest BCUT2D eigenvalue weighted by molar-refractivity contribution is -0.0501. The van der Waals surface area contributed by atoms with E-state index in [0.717, 1.165) is 49.5 Å². The minimum atomic E-state index is -0.889. The normalized spacial score (nSPS) is 19.6. The Kier molecular flexibility index (Phi) is 9.20. The molecule has 2 aliphatic rings. The summed E-state index contributed by atoms with van der Waals surface area (Å²) in [6.07, 6.45) is 0.439. The van der Waals surface area contributed by atoms with Gasteiger partial charge >= 0.3 is 5.97 Å². The molecule has 0 spiro atoms. The zero-order chi connectivity index (χ0) is 28.1. The number of aliphatic hydroxyl groups excluding tert-OH is 1. The zero-order valence-corrected chi connectivity index (χ0v) is 23.6. The Hall–Kier alpha value is -2.78. The lowest BCUT2D eigenvalue weighted by Gasteiger charge is -2.42. The summed E-state index contributed by atoms with van der Waals surface area (Å²) in [4.78, 5) is 17.2. The molecule has 0 aromatic heterocycles. The van der Waals surface area contributed by atoms with Crippen molar-refractivity contribution in [1.82, 2.24) is 9.80 Å². The van der Waals surface area contributed by atoms with Crippen molar-refractivity contribution in [2.45, 2.75) is 44.1 Å². The first-order valence-corrected chi connectivity index (χ1v) is 14.3. The van der Waals surface area contributed by atoms with Crippen LogP contribution in [0.1, 0.15) is 52.9 Å². The number of aliphatic hydroxyl groups is 2. The Morgan fingerprint density at radius 1 is 0.950 bits per heavy atom. The number of ether oxygens (including phenoxy) is 2. The first-order valence-electron chi connectivity index (χ1n) is 13.9. The lowest BCUT2D eigenvalue weighted by Crippen LogP contribution is -2.47. The van der Waals surface area contributed by atoms with E-state index in [1.807, 2.05) is 31.2 Å². The maximum atomic E-state index is 12.7. The van der Waals surface area contributed by atoms with Crippen LogP contribution in [0.4, 0.5) is 0 Å². The van der Waals surface area contributed by atoms with Crippen molar-refractivity contribution in [3.8, 4) is 5.75 Å². The van der Waals surface area contributed by atoms with Gasteiger partial charge in [-0.2, -0.15) is 0 Å². The minimum absolute atomic E-state index is 0.140. The molecule has 0 saturated carbocycles. The lowest BCUT2D eigenvalue weighted by atomic mass is 9.83. The Balaban J connectivity index is 1.12. The summed E-state index contributed by atoms with van der Waals surface area (Å²) in [5.41, 5.74) is 2.37. The Labute approximate surface area is 240 Å². The SMILES string of the molecule is C[C@@H]([C@H](O)c1ccc(OC(=O)c2ccc(CN3CCOCC3)cc2)cc1)N1CCC(O)(c2ccc(Cl)cc2)CC1. The molecule has 3 aromatic rings. The van der Waals surface area contributed by atoms with Crippen molar-refractivity contribution in [2.24, 2.45) is 0 Å². The van der Waals surface area contributed by atoms with E-state index in [1.165, 1.54) is 0 Å². The van der Waals surface area contributed by atoms with Crippen molar-refractivity contribution in [1.29, 1.82) is 0 Å². The largest absolute Gasteiger partial charge is 0.423 e. The maximum absolute atomic E-state index is 12.7. The summed E-state index contributed by atoms with van der Waals surface area (Å²) >= 11 is 6.00. The summed E-state index contributed by atoms with van der Waals surface area (Å²) < 4.78 is 11.0. The summed E-state index contributed by atoms with van der Waals surface area (Å²) in [7, 11) is 0. The topological polar surface area (TPSA) is 82.5 Å². The molecule has 2 saturated heterocycles. The number of halogens is 1. The quantitative estimate of drug-likeness (QED) is 0.300. The fraction of sp³-hybridized carbons (Fsp3) is 0.406. The number of carbonyl (C=O) groups is 1. The number of carbonyl (C=O) groups excluding carboxylic acids is 1. The van der Waals surface area contributed by atoms with Gasteiger partial charge in [-0.05, 0) is 72.9 Å². The van der Waals surface area contributed by atoms with Gasteiger partial charge in [-0.1, -0.05) is 48.0 Å². The molecule has 2 heterocycles. The van der Waals surface area contributed by atoms with E-state index in [2.05, 4.69) is 9.80 Å². The molecule has 0 amide bonds. The number of morpholine rings is 1. The van der Waals surface area contributed by atoms with E-state index in [1.54, 1.807) is 48.5 Å². The van der Waals surface area contributed by atoms with E-state index in [4.69, 9.17) is 21.1 Å². The average molecular weight is 565 g/mol. The van der Waals surface area contributed by atoms with Crippen molar-refractivity contribution < 1.29 is 24.5 Å². The molecule has 0 radical (unpaired) electrons. The van der Waals surface area contributed by atoms with Crippen LogP contribution in [0.2, 0.25) is 5.02 Å². The van der Waals surface area contributed by atoms with Crippen LogP contribution in [0.25, 0.3) is 0 Å². The number of piperidine rings is 1. The smallest absolute Gasteiger partial charge is 0.343 e. The van der Waals surface area contributed by atoms with Gasteiger partial charge in [0.25, 0.3) is 0 Å². The van der Waals surface area contributed by atoms with Crippen LogP contribution in [0.3, 0.4) is 0 Å². The van der Waals surface area contributed by atoms with E-state index < -0.39 is 17.7 Å². The number of rotatable bonds is 8. The molecule has 0 bridgehead atoms. The van der Waals surface area contributed by atoms with Gasteiger partial charge in [-0.15, -0.1) is 0 Å². The number of benzene rings is 3. The number of hydrogen-bond donors (Lipinski definition) is 2. The van der Waals surface area contributed by atoms with Crippen molar-refractivity contribution in [2.75, 3.05) is 39.4 Å². The molecule has 0 aliphatic carbocycles. The highest BCUT2D eigenvalue weighted by molar-refractivity contribution is 6.30. The second-order valence-electron chi connectivity index (χ2n) is 10.8. The van der Waals surface area contributed by atoms with Crippen LogP contribution >= 0.6 is 11.6 Å². The molecule has 0 unspecified atom stereocenters. The monoisotopic (exact) mass is 564 g/mol. The van der Waals surface area contributed by atoms with Crippen molar-refractivity contribution >= 4 is 17.6 Å². The minimum Gasteiger partial charge on any atom is -0.423 e. The highest BCUT2D eigenvalue weighted by Gasteiger charge is 2.36. The molecular formula is C32H37ClN2O5. The predicted octanol–water partition coefficient (Wildman–Crippen LogP) is 4.80. The molecule has 2 aliphatic heterocycles. The molecule has 40 heavy (non-hydrogen) atoms. The third-order valence-electron chi connectivity index (χ3n) is 8.17. The summed E-state index contributed by atoms with van der Waals surface area (Å²) in [5.74, 6) is 0.0121. The van der Waals surface area contributed by atoms with Gasteiger partial charge < -0.3 is 19.7 Å². The van der Waals surface area contributed by atoms with Gasteiger partial charge in [0.05, 0.1) is 30.5 Å². The number of likely N-dealkylation sites (tertiary alicyclic amines) is 1. The third kappa shape index (κ3) is 6.92. The van der Waals surface area contributed by atoms with Crippen LogP contribution < -0.4 is 4.74 Å². The summed E-state index contributed by atoms with van der Waals surface area (Å²) in [6.45, 7) is 7.50. The van der Waals surface area contributed by atoms with E-state index >= 15 is 0 Å². The molecule has 212 valence electrons. The second-order valence-corrected chi connectivity index (χ2v) is 11.2. The number of hydrogen-bond acceptors (Lipinski definition) is 7. The Morgan fingerprint density at radius 2 is 1.57 bits per heavy atom. The highest BCUT2D eigenvalue weighted by Crippen LogP contribution is 2.35. The first kappa shape index (κ1) is 28.7. The zero-order valence-electron chi connectivity index (χ0n) is 22.8. The number of esters is 1. The van der Waals surface area contributed by atoms with Crippen molar-refractivity contribution in [3.05, 3.63) is 100 Å². The second kappa shape index (κ2) is 12.8. The molecule has 7 nitrogen and oxygen atoms in total. The third-order valence-corrected chi connectivity index (χ3v) is 8.42. The molecule has 3 aromatic carbocycles. The van der Waals surface area contributed by atoms with Gasteiger partial charge in [-0.25, -0.2) is 4.79 Å². The van der Waals surface area contributed by atoms with Crippen LogP contribution in [0.5, 0.6) is 5.75 Å². The van der Waals surface area contributed by atoms with Gasteiger partial charge in [0.15, 0.2) is 0 Å². The number of nitrogens with zero attached hydrogens (tertiary/aromatic N) is 2. The van der Waals surface area contributed by atoms with Crippen LogP contribution in [-0.4, -0.2) is 71.4 Å². The van der Waals surface area contributed by atoms with Gasteiger partial charge in [0.2, 0.25) is 0 Å². The summed E-state index contributed by atoms with van der Waals surface area (Å²) in [5, 5.41) is 22.9. The van der Waals surface area contributed by atoms with Gasteiger partial charge in [0, 0.05) is 43.8 Å². The van der Waals surface area contributed by atoms with Gasteiger partial charge in [-0.3, -0.25) is 9.80 Å². The molecular weight excluding hydrogens is 528 g/mol. The summed E-state index contributed by atoms with van der Waals surface area (Å²) in [6, 6.07) is 21.8. The van der Waals surface area contributed by atoms with Crippen molar-refractivity contribution in [3.63, 3.8) is 0 Å². The molecule has 2 N–H and O–H groups in total. The van der Waals surface area contributed by atoms with E-state index in [0.29, 0.717) is 42.3 Å². The average Bonchev–Trinajstić information content (AvgIpc) is 2.98.